The molecule has 2 heterocycles. The van der Waals surface area contributed by atoms with Crippen LogP contribution in [0, 0.1) is 24.5 Å². The number of carbonyl (C=O) groups excluding carboxylic acids is 1. The Morgan fingerprint density at radius 1 is 1.06 bits per heavy atom. The molecule has 2 aromatic carbocycles. The zero-order chi connectivity index (χ0) is 24.8. The highest BCUT2D eigenvalue weighted by molar-refractivity contribution is 5.72. The van der Waals surface area contributed by atoms with Crippen LogP contribution >= 0.6 is 0 Å². The summed E-state index contributed by atoms with van der Waals surface area (Å²) in [6.45, 7) is 1.78. The molecule has 4 aromatic rings. The van der Waals surface area contributed by atoms with Gasteiger partial charge in [0.15, 0.2) is 0 Å². The fourth-order valence-electron chi connectivity index (χ4n) is 5.30. The van der Waals surface area contributed by atoms with Gasteiger partial charge in [0.1, 0.15) is 17.9 Å². The second-order valence-electron chi connectivity index (χ2n) is 9.66. The third kappa shape index (κ3) is 4.01. The molecule has 0 spiro atoms. The van der Waals surface area contributed by atoms with Gasteiger partial charge in [0.05, 0.1) is 11.8 Å². The molecule has 1 unspecified atom stereocenters. The van der Waals surface area contributed by atoms with Gasteiger partial charge in [-0.3, -0.25) is 4.98 Å². The summed E-state index contributed by atoms with van der Waals surface area (Å²) in [6, 6.07) is 11.2. The maximum Gasteiger partial charge on any atom is 0.261 e. The molecule has 2 aliphatic carbocycles. The van der Waals surface area contributed by atoms with Crippen LogP contribution in [0.2, 0.25) is 0 Å². The van der Waals surface area contributed by atoms with E-state index in [0.717, 1.165) is 43.7 Å². The number of rotatable bonds is 6. The van der Waals surface area contributed by atoms with E-state index in [1.807, 2.05) is 6.07 Å². The number of pyridine rings is 1. The number of aldehydes is 1. The van der Waals surface area contributed by atoms with Crippen molar-refractivity contribution < 1.29 is 18.1 Å². The van der Waals surface area contributed by atoms with Gasteiger partial charge in [-0.25, -0.2) is 8.78 Å². The van der Waals surface area contributed by atoms with Crippen molar-refractivity contribution in [1.82, 2.24) is 20.4 Å². The van der Waals surface area contributed by atoms with E-state index in [4.69, 9.17) is 4.52 Å². The summed E-state index contributed by atoms with van der Waals surface area (Å²) in [5.41, 5.74) is 4.88. The minimum atomic E-state index is -0.572. The van der Waals surface area contributed by atoms with Crippen LogP contribution in [0.4, 0.5) is 8.78 Å². The molecule has 2 aliphatic rings. The van der Waals surface area contributed by atoms with Gasteiger partial charge in [0, 0.05) is 35.3 Å². The lowest BCUT2D eigenvalue weighted by atomic mass is 9.81. The molecule has 0 saturated heterocycles. The summed E-state index contributed by atoms with van der Waals surface area (Å²) in [4.78, 5) is 19.1. The lowest BCUT2D eigenvalue weighted by Crippen LogP contribution is -2.43. The molecule has 1 atom stereocenters. The van der Waals surface area contributed by atoms with Crippen molar-refractivity contribution in [2.24, 2.45) is 5.92 Å². The number of benzene rings is 2. The maximum absolute atomic E-state index is 15.1. The number of hydrogen-bond donors (Lipinski definition) is 1. The Bertz CT molecular complexity index is 1460. The van der Waals surface area contributed by atoms with Crippen LogP contribution in [-0.4, -0.2) is 27.5 Å². The van der Waals surface area contributed by atoms with E-state index in [-0.39, 0.29) is 29.0 Å². The van der Waals surface area contributed by atoms with Crippen LogP contribution in [0.5, 0.6) is 0 Å². The smallest absolute Gasteiger partial charge is 0.261 e. The largest absolute Gasteiger partial charge is 0.334 e. The van der Waals surface area contributed by atoms with Crippen LogP contribution < -0.4 is 5.32 Å². The van der Waals surface area contributed by atoms with E-state index >= 15 is 4.39 Å². The molecule has 8 heteroatoms. The van der Waals surface area contributed by atoms with Gasteiger partial charge >= 0.3 is 0 Å². The Hall–Kier alpha value is -3.78. The first-order valence-corrected chi connectivity index (χ1v) is 12.1. The summed E-state index contributed by atoms with van der Waals surface area (Å²) in [5, 5.41) is 7.77. The molecule has 6 rings (SSSR count). The number of carbonyl (C=O) groups is 1. The van der Waals surface area contributed by atoms with Gasteiger partial charge in [-0.15, -0.1) is 0 Å². The van der Waals surface area contributed by atoms with Crippen molar-refractivity contribution in [3.05, 3.63) is 77.1 Å². The summed E-state index contributed by atoms with van der Waals surface area (Å²) in [5.74, 6) is -0.433. The molecule has 0 amide bonds. The molecule has 6 nitrogen and oxygen atoms in total. The Kier molecular flexibility index (Phi) is 5.68. The summed E-state index contributed by atoms with van der Waals surface area (Å²) in [6.07, 6.45) is 7.40. The molecule has 0 radical (unpaired) electrons. The molecular weight excluding hydrogens is 462 g/mol. The molecular formula is C28H24F2N4O2. The SMILES string of the molecule is Cc1cc(-c2nc(-c3ccc4c(c3)CCC4N[C@H]3C[C@H](C=O)C3)no2)c(F)cc1-c1ccncc1F. The Labute approximate surface area is 206 Å². The standard InChI is InChI=1S/C28H24F2N4O2/c1-15-8-23(24(29)12-22(15)21-6-7-31-13-25(21)30)28-33-27(34-36-28)18-2-4-20-17(11-18)3-5-26(20)32-19-9-16(10-19)14-35/h2,4,6-8,11-14,16,19,26,32H,3,5,9-10H2,1H3/t16-,19-,26?. The van der Waals surface area contributed by atoms with Crippen molar-refractivity contribution in [3.8, 4) is 34.0 Å². The third-order valence-corrected chi connectivity index (χ3v) is 7.32. The summed E-state index contributed by atoms with van der Waals surface area (Å²) < 4.78 is 34.7. The Balaban J connectivity index is 1.23. The first-order chi connectivity index (χ1) is 17.5. The number of aromatic nitrogens is 3. The predicted molar refractivity (Wildman–Crippen MR) is 130 cm³/mol. The fraction of sp³-hybridized carbons (Fsp3) is 0.286. The van der Waals surface area contributed by atoms with Crippen molar-refractivity contribution in [2.45, 2.75) is 44.7 Å². The number of hydrogen-bond acceptors (Lipinski definition) is 6. The minimum absolute atomic E-state index is 0.0714. The molecule has 36 heavy (non-hydrogen) atoms. The molecule has 1 saturated carbocycles. The zero-order valence-electron chi connectivity index (χ0n) is 19.7. The van der Waals surface area contributed by atoms with E-state index in [1.165, 1.54) is 29.5 Å². The van der Waals surface area contributed by atoms with Gasteiger partial charge in [0.25, 0.3) is 5.89 Å². The summed E-state index contributed by atoms with van der Waals surface area (Å²) >= 11 is 0. The monoisotopic (exact) mass is 486 g/mol. The topological polar surface area (TPSA) is 80.9 Å². The quantitative estimate of drug-likeness (QED) is 0.357. The van der Waals surface area contributed by atoms with Gasteiger partial charge in [0.2, 0.25) is 5.82 Å². The molecule has 182 valence electrons. The van der Waals surface area contributed by atoms with E-state index in [1.54, 1.807) is 13.0 Å². The van der Waals surface area contributed by atoms with Gasteiger partial charge < -0.3 is 14.6 Å². The van der Waals surface area contributed by atoms with E-state index in [0.29, 0.717) is 23.0 Å². The Morgan fingerprint density at radius 2 is 1.92 bits per heavy atom. The molecule has 0 aliphatic heterocycles. The Morgan fingerprint density at radius 3 is 2.72 bits per heavy atom. The van der Waals surface area contributed by atoms with Crippen LogP contribution in [-0.2, 0) is 11.2 Å². The number of nitrogens with zero attached hydrogens (tertiary/aromatic N) is 3. The van der Waals surface area contributed by atoms with Gasteiger partial charge in [-0.2, -0.15) is 4.98 Å². The third-order valence-electron chi connectivity index (χ3n) is 7.32. The highest BCUT2D eigenvalue weighted by Crippen LogP contribution is 2.37. The average Bonchev–Trinajstić information content (AvgIpc) is 3.50. The fourth-order valence-corrected chi connectivity index (χ4v) is 5.30. The van der Waals surface area contributed by atoms with Crippen LogP contribution in [0.1, 0.15) is 42.0 Å². The van der Waals surface area contributed by atoms with Crippen molar-refractivity contribution in [2.75, 3.05) is 0 Å². The van der Waals surface area contributed by atoms with E-state index in [9.17, 15) is 9.18 Å². The average molecular weight is 487 g/mol. The molecule has 0 bridgehead atoms. The first-order valence-electron chi connectivity index (χ1n) is 12.1. The van der Waals surface area contributed by atoms with Crippen molar-refractivity contribution in [3.63, 3.8) is 0 Å². The van der Waals surface area contributed by atoms with Crippen LogP contribution in [0.3, 0.4) is 0 Å². The highest BCUT2D eigenvalue weighted by atomic mass is 19.1. The second kappa shape index (κ2) is 9.02. The number of fused-ring (bicyclic) bond motifs is 1. The number of nitrogens with one attached hydrogen (secondary N) is 1. The number of aryl methyl sites for hydroxylation is 2. The highest BCUT2D eigenvalue weighted by Gasteiger charge is 2.33. The van der Waals surface area contributed by atoms with Gasteiger partial charge in [-0.05, 0) is 79.1 Å². The second-order valence-corrected chi connectivity index (χ2v) is 9.66. The predicted octanol–water partition coefficient (Wildman–Crippen LogP) is 5.61. The molecule has 2 aromatic heterocycles. The van der Waals surface area contributed by atoms with Crippen molar-refractivity contribution in [1.29, 1.82) is 0 Å². The molecule has 1 fully saturated rings. The minimum Gasteiger partial charge on any atom is -0.334 e. The molecule has 1 N–H and O–H groups in total. The number of halogens is 2. The maximum atomic E-state index is 15.1. The first kappa shape index (κ1) is 22.7. The van der Waals surface area contributed by atoms with Crippen molar-refractivity contribution >= 4 is 6.29 Å². The van der Waals surface area contributed by atoms with E-state index in [2.05, 4.69) is 32.6 Å². The van der Waals surface area contributed by atoms with Crippen LogP contribution in [0.15, 0.2) is 53.3 Å². The lowest BCUT2D eigenvalue weighted by Gasteiger charge is -2.35. The van der Waals surface area contributed by atoms with Gasteiger partial charge in [-0.1, -0.05) is 17.3 Å². The lowest BCUT2D eigenvalue weighted by molar-refractivity contribution is -0.113. The van der Waals surface area contributed by atoms with E-state index < -0.39 is 11.6 Å². The zero-order valence-corrected chi connectivity index (χ0v) is 19.7. The van der Waals surface area contributed by atoms with Crippen LogP contribution in [0.25, 0.3) is 34.0 Å². The normalized spacial score (nSPS) is 20.7. The summed E-state index contributed by atoms with van der Waals surface area (Å²) in [7, 11) is 0.